The molecule has 148 valence electrons. The summed E-state index contributed by atoms with van der Waals surface area (Å²) < 4.78 is 5.53. The molecule has 2 saturated heterocycles. The van der Waals surface area contributed by atoms with Crippen molar-refractivity contribution in [3.63, 3.8) is 0 Å². The minimum Gasteiger partial charge on any atom is -0.380 e. The summed E-state index contributed by atoms with van der Waals surface area (Å²) in [4.78, 5) is 22.1. The van der Waals surface area contributed by atoms with E-state index in [4.69, 9.17) is 4.74 Å². The van der Waals surface area contributed by atoms with Crippen molar-refractivity contribution in [2.24, 2.45) is 0 Å². The van der Waals surface area contributed by atoms with Gasteiger partial charge in [0, 0.05) is 71.2 Å². The summed E-state index contributed by atoms with van der Waals surface area (Å²) in [5, 5.41) is 0. The fourth-order valence-corrected chi connectivity index (χ4v) is 4.36. The standard InChI is InChI=1S/C21H32N4O2/c26-21(18-25-8-6-19-4-1-2-5-20(19)25)24-13-11-23(12-14-24)10-9-22-7-3-16-27-17-15-22/h1-2,4-5H,3,6-18H2. The highest BCUT2D eigenvalue weighted by Crippen LogP contribution is 2.27. The molecule has 3 aliphatic rings. The van der Waals surface area contributed by atoms with Gasteiger partial charge in [-0.1, -0.05) is 18.2 Å². The largest absolute Gasteiger partial charge is 0.380 e. The van der Waals surface area contributed by atoms with E-state index in [0.29, 0.717) is 6.54 Å². The van der Waals surface area contributed by atoms with Gasteiger partial charge in [0.05, 0.1) is 13.2 Å². The SMILES string of the molecule is O=C(CN1CCc2ccccc21)N1CCN(CCN2CCCOCC2)CC1. The molecule has 0 spiro atoms. The van der Waals surface area contributed by atoms with Crippen molar-refractivity contribution in [3.05, 3.63) is 29.8 Å². The molecule has 4 rings (SSSR count). The number of nitrogens with zero attached hydrogens (tertiary/aromatic N) is 4. The topological polar surface area (TPSA) is 39.3 Å². The average molecular weight is 373 g/mol. The maximum atomic E-state index is 12.8. The van der Waals surface area contributed by atoms with Gasteiger partial charge in [0.25, 0.3) is 0 Å². The van der Waals surface area contributed by atoms with E-state index in [1.54, 1.807) is 0 Å². The summed E-state index contributed by atoms with van der Waals surface area (Å²) in [6.45, 7) is 11.4. The van der Waals surface area contributed by atoms with E-state index in [9.17, 15) is 4.79 Å². The average Bonchev–Trinajstić information content (AvgIpc) is 2.93. The Morgan fingerprint density at radius 2 is 1.67 bits per heavy atom. The number of hydrogen-bond donors (Lipinski definition) is 0. The number of carbonyl (C=O) groups is 1. The Bertz CT molecular complexity index is 622. The van der Waals surface area contributed by atoms with Crippen molar-refractivity contribution in [1.82, 2.24) is 14.7 Å². The van der Waals surface area contributed by atoms with E-state index in [1.165, 1.54) is 11.3 Å². The van der Waals surface area contributed by atoms with Crippen LogP contribution in [-0.4, -0.2) is 99.3 Å². The van der Waals surface area contributed by atoms with Crippen LogP contribution in [0.3, 0.4) is 0 Å². The summed E-state index contributed by atoms with van der Waals surface area (Å²) in [6.07, 6.45) is 2.20. The van der Waals surface area contributed by atoms with Gasteiger partial charge in [0.2, 0.25) is 5.91 Å². The van der Waals surface area contributed by atoms with Crippen molar-refractivity contribution in [3.8, 4) is 0 Å². The van der Waals surface area contributed by atoms with Crippen LogP contribution in [0.5, 0.6) is 0 Å². The molecule has 6 heteroatoms. The smallest absolute Gasteiger partial charge is 0.242 e. The van der Waals surface area contributed by atoms with E-state index >= 15 is 0 Å². The van der Waals surface area contributed by atoms with Gasteiger partial charge in [0.15, 0.2) is 0 Å². The van der Waals surface area contributed by atoms with Gasteiger partial charge < -0.3 is 14.5 Å². The van der Waals surface area contributed by atoms with Crippen LogP contribution in [0.25, 0.3) is 0 Å². The van der Waals surface area contributed by atoms with Crippen LogP contribution in [0, 0.1) is 0 Å². The molecular weight excluding hydrogens is 340 g/mol. The van der Waals surface area contributed by atoms with Crippen molar-refractivity contribution >= 4 is 11.6 Å². The number of amides is 1. The number of carbonyl (C=O) groups excluding carboxylic acids is 1. The first-order chi connectivity index (χ1) is 13.3. The van der Waals surface area contributed by atoms with Crippen molar-refractivity contribution in [2.45, 2.75) is 12.8 Å². The van der Waals surface area contributed by atoms with Gasteiger partial charge in [-0.05, 0) is 24.5 Å². The Kier molecular flexibility index (Phi) is 6.27. The van der Waals surface area contributed by atoms with Gasteiger partial charge in [-0.2, -0.15) is 0 Å². The molecule has 6 nitrogen and oxygen atoms in total. The van der Waals surface area contributed by atoms with Crippen molar-refractivity contribution in [1.29, 1.82) is 0 Å². The minimum absolute atomic E-state index is 0.274. The molecule has 3 aliphatic heterocycles. The Hall–Kier alpha value is -1.63. The third-order valence-corrected chi connectivity index (χ3v) is 6.08. The number of fused-ring (bicyclic) bond motifs is 1. The molecule has 0 radical (unpaired) electrons. The lowest BCUT2D eigenvalue weighted by molar-refractivity contribution is -0.131. The molecule has 0 N–H and O–H groups in total. The summed E-state index contributed by atoms with van der Waals surface area (Å²) in [5.41, 5.74) is 2.61. The Morgan fingerprint density at radius 3 is 2.52 bits per heavy atom. The lowest BCUT2D eigenvalue weighted by Gasteiger charge is -2.36. The third-order valence-electron chi connectivity index (χ3n) is 6.08. The number of anilines is 1. The second-order valence-electron chi connectivity index (χ2n) is 7.83. The van der Waals surface area contributed by atoms with E-state index in [1.807, 2.05) is 0 Å². The zero-order chi connectivity index (χ0) is 18.5. The predicted octanol–water partition coefficient (Wildman–Crippen LogP) is 0.916. The molecule has 0 saturated carbocycles. The van der Waals surface area contributed by atoms with E-state index in [-0.39, 0.29) is 5.91 Å². The summed E-state index contributed by atoms with van der Waals surface area (Å²) in [6, 6.07) is 8.47. The van der Waals surface area contributed by atoms with Crippen LogP contribution >= 0.6 is 0 Å². The van der Waals surface area contributed by atoms with Crippen molar-refractivity contribution in [2.75, 3.05) is 83.6 Å². The predicted molar refractivity (Wildman–Crippen MR) is 107 cm³/mol. The summed E-state index contributed by atoms with van der Waals surface area (Å²) in [5.74, 6) is 0.274. The van der Waals surface area contributed by atoms with Gasteiger partial charge in [-0.25, -0.2) is 0 Å². The second kappa shape index (κ2) is 9.04. The highest BCUT2D eigenvalue weighted by Gasteiger charge is 2.25. The fraction of sp³-hybridized carbons (Fsp3) is 0.667. The maximum Gasteiger partial charge on any atom is 0.242 e. The quantitative estimate of drug-likeness (QED) is 0.769. The monoisotopic (exact) mass is 372 g/mol. The molecule has 1 aromatic rings. The van der Waals surface area contributed by atoms with Crippen LogP contribution in [0.2, 0.25) is 0 Å². The molecule has 0 aliphatic carbocycles. The van der Waals surface area contributed by atoms with E-state index in [2.05, 4.69) is 43.9 Å². The number of para-hydroxylation sites is 1. The van der Waals surface area contributed by atoms with Crippen LogP contribution in [0.15, 0.2) is 24.3 Å². The Labute approximate surface area is 162 Å². The molecular formula is C21H32N4O2. The number of hydrogen-bond acceptors (Lipinski definition) is 5. The van der Waals surface area contributed by atoms with Crippen molar-refractivity contribution < 1.29 is 9.53 Å². The molecule has 27 heavy (non-hydrogen) atoms. The molecule has 1 aromatic carbocycles. The third kappa shape index (κ3) is 4.81. The Morgan fingerprint density at radius 1 is 0.889 bits per heavy atom. The van der Waals surface area contributed by atoms with Gasteiger partial charge in [-0.3, -0.25) is 14.6 Å². The maximum absolute atomic E-state index is 12.8. The summed E-state index contributed by atoms with van der Waals surface area (Å²) >= 11 is 0. The normalized spacial score (nSPS) is 21.9. The summed E-state index contributed by atoms with van der Waals surface area (Å²) in [7, 11) is 0. The zero-order valence-corrected chi connectivity index (χ0v) is 16.3. The molecule has 0 aromatic heterocycles. The first kappa shape index (κ1) is 18.7. The lowest BCUT2D eigenvalue weighted by Crippen LogP contribution is -2.52. The highest BCUT2D eigenvalue weighted by atomic mass is 16.5. The van der Waals surface area contributed by atoms with E-state index in [0.717, 1.165) is 85.0 Å². The molecule has 2 fully saturated rings. The van der Waals surface area contributed by atoms with Gasteiger partial charge in [0.1, 0.15) is 0 Å². The fourth-order valence-electron chi connectivity index (χ4n) is 4.36. The Balaban J connectivity index is 1.19. The van der Waals surface area contributed by atoms with E-state index < -0.39 is 0 Å². The first-order valence-corrected chi connectivity index (χ1v) is 10.4. The lowest BCUT2D eigenvalue weighted by atomic mass is 10.2. The van der Waals surface area contributed by atoms with Gasteiger partial charge in [-0.15, -0.1) is 0 Å². The van der Waals surface area contributed by atoms with Gasteiger partial charge >= 0.3 is 0 Å². The van der Waals surface area contributed by atoms with Crippen LogP contribution in [0.1, 0.15) is 12.0 Å². The number of rotatable bonds is 5. The molecule has 1 amide bonds. The highest BCUT2D eigenvalue weighted by molar-refractivity contribution is 5.82. The molecule has 0 bridgehead atoms. The molecule has 0 atom stereocenters. The number of ether oxygens (including phenoxy) is 1. The van der Waals surface area contributed by atoms with Crippen LogP contribution in [0.4, 0.5) is 5.69 Å². The number of piperazine rings is 1. The van der Waals surface area contributed by atoms with Crippen LogP contribution < -0.4 is 4.90 Å². The zero-order valence-electron chi connectivity index (χ0n) is 16.3. The first-order valence-electron chi connectivity index (χ1n) is 10.4. The minimum atomic E-state index is 0.274. The second-order valence-corrected chi connectivity index (χ2v) is 7.83. The van der Waals surface area contributed by atoms with Crippen LogP contribution in [-0.2, 0) is 16.0 Å². The molecule has 0 unspecified atom stereocenters. The number of benzene rings is 1. The molecule has 3 heterocycles.